The van der Waals surface area contributed by atoms with Gasteiger partial charge < -0.3 is 19.1 Å². The Morgan fingerprint density at radius 3 is 2.63 bits per heavy atom. The maximum absolute atomic E-state index is 13.1. The molecule has 1 atom stereocenters. The van der Waals surface area contributed by atoms with Gasteiger partial charge in [0.25, 0.3) is 0 Å². The Labute approximate surface area is 176 Å². The first-order valence-corrected chi connectivity index (χ1v) is 10.2. The fraction of sp³-hybridized carbons (Fsp3) is 0.417. The zero-order chi connectivity index (χ0) is 21.4. The van der Waals surface area contributed by atoms with Gasteiger partial charge in [0.05, 0.1) is 13.0 Å². The topological polar surface area (TPSA) is 65.1 Å². The van der Waals surface area contributed by atoms with E-state index in [1.807, 2.05) is 57.2 Å². The number of ketones is 1. The number of rotatable bonds is 3. The normalized spacial score (nSPS) is 20.6. The fourth-order valence-corrected chi connectivity index (χ4v) is 3.93. The maximum Gasteiger partial charge on any atom is 0.410 e. The molecule has 0 bridgehead atoms. The summed E-state index contributed by atoms with van der Waals surface area (Å²) in [6.07, 6.45) is 0.429. The van der Waals surface area contributed by atoms with Gasteiger partial charge in [-0.2, -0.15) is 0 Å². The molecule has 1 spiro atoms. The second-order valence-electron chi connectivity index (χ2n) is 8.94. The van der Waals surface area contributed by atoms with Gasteiger partial charge in [-0.05, 0) is 38.5 Å². The molecule has 0 saturated carbocycles. The van der Waals surface area contributed by atoms with Crippen molar-refractivity contribution in [3.05, 3.63) is 59.7 Å². The average Bonchev–Trinajstić information content (AvgIpc) is 3.08. The summed E-state index contributed by atoms with van der Waals surface area (Å²) in [4.78, 5) is 27.1. The summed E-state index contributed by atoms with van der Waals surface area (Å²) in [5, 5.41) is 0. The molecule has 2 heterocycles. The molecule has 0 radical (unpaired) electrons. The molecule has 30 heavy (non-hydrogen) atoms. The highest BCUT2D eigenvalue weighted by molar-refractivity contribution is 6.03. The lowest BCUT2D eigenvalue weighted by atomic mass is 9.89. The van der Waals surface area contributed by atoms with Gasteiger partial charge in [-0.15, -0.1) is 0 Å². The number of ether oxygens (including phenoxy) is 3. The minimum Gasteiger partial charge on any atom is -0.488 e. The third kappa shape index (κ3) is 4.27. The van der Waals surface area contributed by atoms with E-state index in [9.17, 15) is 9.59 Å². The van der Waals surface area contributed by atoms with Crippen LogP contribution in [0.3, 0.4) is 0 Å². The van der Waals surface area contributed by atoms with E-state index in [-0.39, 0.29) is 18.3 Å². The number of carbonyl (C=O) groups is 2. The number of hydrogen-bond acceptors (Lipinski definition) is 5. The minimum atomic E-state index is -0.709. The molecule has 0 aliphatic carbocycles. The first kappa shape index (κ1) is 20.3. The Morgan fingerprint density at radius 2 is 1.90 bits per heavy atom. The standard InChI is InChI=1S/C24H27NO5/c1-23(2,3)30-22(27)25-13-12-24(16-25)14-18(26)21-19(10-7-11-20(21)29-24)28-15-17-8-5-4-6-9-17/h4-11H,12-16H2,1-3H3/t24-/m0/s1. The van der Waals surface area contributed by atoms with Crippen LogP contribution in [-0.4, -0.2) is 41.1 Å². The maximum atomic E-state index is 13.1. The molecule has 2 aliphatic rings. The molecule has 6 nitrogen and oxygen atoms in total. The Morgan fingerprint density at radius 1 is 1.13 bits per heavy atom. The van der Waals surface area contributed by atoms with Crippen LogP contribution in [-0.2, 0) is 11.3 Å². The number of likely N-dealkylation sites (tertiary alicyclic amines) is 1. The molecule has 0 N–H and O–H groups in total. The van der Waals surface area contributed by atoms with E-state index >= 15 is 0 Å². The van der Waals surface area contributed by atoms with Crippen molar-refractivity contribution in [3.8, 4) is 11.5 Å². The summed E-state index contributed by atoms with van der Waals surface area (Å²) in [5.41, 5.74) is 0.238. The number of nitrogens with zero attached hydrogens (tertiary/aromatic N) is 1. The summed E-state index contributed by atoms with van der Waals surface area (Å²) < 4.78 is 17.7. The van der Waals surface area contributed by atoms with Crippen LogP contribution in [0, 0.1) is 0 Å². The molecule has 2 aliphatic heterocycles. The number of fused-ring (bicyclic) bond motifs is 1. The van der Waals surface area contributed by atoms with E-state index < -0.39 is 11.2 Å². The van der Waals surface area contributed by atoms with Crippen molar-refractivity contribution in [3.63, 3.8) is 0 Å². The second kappa shape index (κ2) is 7.67. The molecule has 0 unspecified atom stereocenters. The van der Waals surface area contributed by atoms with Gasteiger partial charge in [-0.3, -0.25) is 4.79 Å². The number of Topliss-reactive ketones (excluding diaryl/α,β-unsaturated/α-hetero) is 1. The smallest absolute Gasteiger partial charge is 0.410 e. The third-order valence-corrected chi connectivity index (χ3v) is 5.28. The van der Waals surface area contributed by atoms with Crippen LogP contribution < -0.4 is 9.47 Å². The van der Waals surface area contributed by atoms with Crippen LogP contribution in [0.2, 0.25) is 0 Å². The van der Waals surface area contributed by atoms with Crippen LogP contribution in [0.4, 0.5) is 4.79 Å². The summed E-state index contributed by atoms with van der Waals surface area (Å²) in [6.45, 7) is 6.73. The number of amides is 1. The largest absolute Gasteiger partial charge is 0.488 e. The quantitative estimate of drug-likeness (QED) is 0.741. The van der Waals surface area contributed by atoms with Crippen molar-refractivity contribution in [2.75, 3.05) is 13.1 Å². The number of carbonyl (C=O) groups excluding carboxylic acids is 2. The first-order chi connectivity index (χ1) is 14.2. The van der Waals surface area contributed by atoms with Crippen LogP contribution in [0.1, 0.15) is 49.5 Å². The SMILES string of the molecule is CC(C)(C)OC(=O)N1CC[C@]2(CC(=O)c3c(OCc4ccccc4)cccc3O2)C1. The van der Waals surface area contributed by atoms with Crippen LogP contribution in [0.5, 0.6) is 11.5 Å². The van der Waals surface area contributed by atoms with E-state index in [2.05, 4.69) is 0 Å². The van der Waals surface area contributed by atoms with Gasteiger partial charge in [0.2, 0.25) is 0 Å². The summed E-state index contributed by atoms with van der Waals surface area (Å²) in [6, 6.07) is 15.2. The van der Waals surface area contributed by atoms with Crippen molar-refractivity contribution in [1.29, 1.82) is 0 Å². The lowest BCUT2D eigenvalue weighted by molar-refractivity contribution is 0.0169. The number of hydrogen-bond donors (Lipinski definition) is 0. The van der Waals surface area contributed by atoms with Crippen LogP contribution >= 0.6 is 0 Å². The van der Waals surface area contributed by atoms with Crippen molar-refractivity contribution >= 4 is 11.9 Å². The van der Waals surface area contributed by atoms with Crippen molar-refractivity contribution in [2.24, 2.45) is 0 Å². The molecule has 0 aromatic heterocycles. The Kier molecular flexibility index (Phi) is 5.18. The average molecular weight is 409 g/mol. The molecule has 2 aromatic carbocycles. The predicted molar refractivity (Wildman–Crippen MR) is 112 cm³/mol. The van der Waals surface area contributed by atoms with Gasteiger partial charge in [0, 0.05) is 13.0 Å². The molecule has 1 saturated heterocycles. The molecular weight excluding hydrogens is 382 g/mol. The van der Waals surface area contributed by atoms with Gasteiger partial charge >= 0.3 is 6.09 Å². The lowest BCUT2D eigenvalue weighted by Crippen LogP contribution is -2.46. The van der Waals surface area contributed by atoms with E-state index in [1.165, 1.54) is 0 Å². The zero-order valence-corrected chi connectivity index (χ0v) is 17.6. The minimum absolute atomic E-state index is 0.0223. The monoisotopic (exact) mass is 409 g/mol. The Bertz CT molecular complexity index is 950. The van der Waals surface area contributed by atoms with E-state index in [0.717, 1.165) is 5.56 Å². The summed E-state index contributed by atoms with van der Waals surface area (Å²) in [5.74, 6) is 1.02. The van der Waals surface area contributed by atoms with Gasteiger partial charge in [-0.25, -0.2) is 4.79 Å². The second-order valence-corrected chi connectivity index (χ2v) is 8.94. The Hall–Kier alpha value is -3.02. The lowest BCUT2D eigenvalue weighted by Gasteiger charge is -2.35. The van der Waals surface area contributed by atoms with Gasteiger partial charge in [0.15, 0.2) is 5.78 Å². The molecule has 6 heteroatoms. The van der Waals surface area contributed by atoms with Crippen LogP contribution in [0.25, 0.3) is 0 Å². The molecular formula is C24H27NO5. The summed E-state index contributed by atoms with van der Waals surface area (Å²) >= 11 is 0. The van der Waals surface area contributed by atoms with Crippen molar-refractivity contribution in [2.45, 2.75) is 51.4 Å². The molecule has 4 rings (SSSR count). The van der Waals surface area contributed by atoms with Gasteiger partial charge in [-0.1, -0.05) is 36.4 Å². The molecule has 158 valence electrons. The molecule has 2 aromatic rings. The van der Waals surface area contributed by atoms with Gasteiger partial charge in [0.1, 0.15) is 34.9 Å². The predicted octanol–water partition coefficient (Wildman–Crippen LogP) is 4.61. The number of benzene rings is 2. The van der Waals surface area contributed by atoms with E-state index in [0.29, 0.717) is 43.2 Å². The Balaban J connectivity index is 1.49. The van der Waals surface area contributed by atoms with E-state index in [1.54, 1.807) is 17.0 Å². The highest BCUT2D eigenvalue weighted by Gasteiger charge is 2.48. The van der Waals surface area contributed by atoms with Crippen molar-refractivity contribution in [1.82, 2.24) is 4.90 Å². The highest BCUT2D eigenvalue weighted by atomic mass is 16.6. The van der Waals surface area contributed by atoms with Crippen molar-refractivity contribution < 1.29 is 23.8 Å². The van der Waals surface area contributed by atoms with E-state index in [4.69, 9.17) is 14.2 Å². The van der Waals surface area contributed by atoms with Crippen LogP contribution in [0.15, 0.2) is 48.5 Å². The highest BCUT2D eigenvalue weighted by Crippen LogP contribution is 2.42. The summed E-state index contributed by atoms with van der Waals surface area (Å²) in [7, 11) is 0. The first-order valence-electron chi connectivity index (χ1n) is 10.2. The molecule has 1 fully saturated rings. The third-order valence-electron chi connectivity index (χ3n) is 5.28. The fourth-order valence-electron chi connectivity index (χ4n) is 3.93. The zero-order valence-electron chi connectivity index (χ0n) is 17.6. The molecule has 1 amide bonds.